The molecule has 4 fully saturated rings. The predicted octanol–water partition coefficient (Wildman–Crippen LogP) is 0.796. The molecule has 4 aliphatic rings. The molecule has 0 heterocycles. The highest BCUT2D eigenvalue weighted by molar-refractivity contribution is 5.85. The molecule has 4 aliphatic carbocycles. The van der Waals surface area contributed by atoms with Crippen LogP contribution in [0.2, 0.25) is 0 Å². The zero-order chi connectivity index (χ0) is 12.4. The second-order valence-electron chi connectivity index (χ2n) is 6.17. The quantitative estimate of drug-likeness (QED) is 0.598. The number of hydrazine groups is 1. The van der Waals surface area contributed by atoms with Crippen molar-refractivity contribution < 1.29 is 9.90 Å². The third-order valence-corrected chi connectivity index (χ3v) is 4.38. The van der Waals surface area contributed by atoms with E-state index in [9.17, 15) is 9.90 Å². The number of nitrogens with two attached hydrogens (primary N) is 1. The zero-order valence-corrected chi connectivity index (χ0v) is 11.8. The molecule has 0 saturated heterocycles. The Labute approximate surface area is 115 Å². The maximum absolute atomic E-state index is 9.58. The Morgan fingerprint density at radius 1 is 1.06 bits per heavy atom. The smallest absolute Gasteiger partial charge is 0.0569 e. The molecule has 4 nitrogen and oxygen atoms in total. The van der Waals surface area contributed by atoms with Crippen LogP contribution in [-0.2, 0) is 4.79 Å². The fourth-order valence-corrected chi connectivity index (χ4v) is 4.19. The lowest BCUT2D eigenvalue weighted by atomic mass is 9.56. The molecule has 0 aromatic rings. The number of halogens is 1. The molecule has 0 aromatic heterocycles. The lowest BCUT2D eigenvalue weighted by Gasteiger charge is -2.49. The van der Waals surface area contributed by atoms with Gasteiger partial charge < -0.3 is 9.90 Å². The van der Waals surface area contributed by atoms with Crippen LogP contribution in [0, 0.1) is 23.7 Å². The van der Waals surface area contributed by atoms with Crippen LogP contribution in [0.3, 0.4) is 0 Å². The highest BCUT2D eigenvalue weighted by atomic mass is 35.5. The van der Waals surface area contributed by atoms with Gasteiger partial charge in [0.2, 0.25) is 0 Å². The van der Waals surface area contributed by atoms with Crippen molar-refractivity contribution >= 4 is 18.4 Å². The standard InChI is InChI=1S/C10H16.C3H8N2O2.ClH/c1-7-2-9-4-8(1)5-10(3-7)6-9;1-5(4)2-3(6)7;/h7-10H,1-6H2;2,4H2,1H3,(H,6,7);1H/p-1. The van der Waals surface area contributed by atoms with E-state index in [4.69, 9.17) is 5.84 Å². The number of carbonyl (C=O) groups excluding carboxylic acids is 1. The van der Waals surface area contributed by atoms with Gasteiger partial charge in [-0.3, -0.25) is 5.84 Å². The first-order chi connectivity index (χ1) is 8.02. The van der Waals surface area contributed by atoms with E-state index >= 15 is 0 Å². The molecule has 106 valence electrons. The van der Waals surface area contributed by atoms with Gasteiger partial charge in [-0.2, -0.15) is 0 Å². The van der Waals surface area contributed by atoms with Crippen LogP contribution in [0.1, 0.15) is 38.5 Å². The molecular formula is C13H24ClN2O2-. The molecular weight excluding hydrogens is 252 g/mol. The minimum absolute atomic E-state index is 0. The van der Waals surface area contributed by atoms with Gasteiger partial charge in [0.05, 0.1) is 12.5 Å². The maximum atomic E-state index is 9.58. The summed E-state index contributed by atoms with van der Waals surface area (Å²) in [6.07, 6.45) is 9.62. The Hall–Kier alpha value is -0.320. The first-order valence-corrected chi connectivity index (χ1v) is 6.68. The minimum atomic E-state index is -1.16. The number of nitrogens with zero attached hydrogens (tertiary/aromatic N) is 1. The topological polar surface area (TPSA) is 69.4 Å². The van der Waals surface area contributed by atoms with Gasteiger partial charge in [-0.1, -0.05) is 0 Å². The molecule has 4 bridgehead atoms. The summed E-state index contributed by atoms with van der Waals surface area (Å²) < 4.78 is 0. The Bertz CT molecular complexity index is 228. The fourth-order valence-electron chi connectivity index (χ4n) is 4.19. The van der Waals surface area contributed by atoms with E-state index in [1.54, 1.807) is 38.5 Å². The molecule has 0 aliphatic heterocycles. The summed E-state index contributed by atoms with van der Waals surface area (Å²) in [4.78, 5) is 9.58. The van der Waals surface area contributed by atoms with Gasteiger partial charge in [-0.05, 0) is 62.2 Å². The van der Waals surface area contributed by atoms with Crippen LogP contribution in [0.15, 0.2) is 0 Å². The van der Waals surface area contributed by atoms with Gasteiger partial charge in [0.15, 0.2) is 0 Å². The van der Waals surface area contributed by atoms with Crippen molar-refractivity contribution in [1.82, 2.24) is 5.01 Å². The third kappa shape index (κ3) is 4.41. The van der Waals surface area contributed by atoms with Crippen molar-refractivity contribution in [1.29, 1.82) is 0 Å². The number of rotatable bonds is 2. The number of hydrogen-bond acceptors (Lipinski definition) is 4. The van der Waals surface area contributed by atoms with Gasteiger partial charge >= 0.3 is 0 Å². The predicted molar refractivity (Wildman–Crippen MR) is 70.7 cm³/mol. The molecule has 0 atom stereocenters. The number of carbonyl (C=O) groups is 1. The van der Waals surface area contributed by atoms with Crippen molar-refractivity contribution in [2.75, 3.05) is 13.6 Å². The van der Waals surface area contributed by atoms with Gasteiger partial charge in [-0.25, -0.2) is 5.01 Å². The van der Waals surface area contributed by atoms with E-state index < -0.39 is 5.97 Å². The van der Waals surface area contributed by atoms with E-state index in [0.717, 1.165) is 5.01 Å². The number of aliphatic carboxylic acids is 1. The average Bonchev–Trinajstić information content (AvgIpc) is 2.12. The number of likely N-dealkylation sites (N-methyl/N-ethyl adjacent to an activating group) is 1. The first-order valence-electron chi connectivity index (χ1n) is 6.68. The molecule has 4 rings (SSSR count). The highest BCUT2D eigenvalue weighted by Crippen LogP contribution is 2.53. The largest absolute Gasteiger partial charge is 0.549 e. The summed E-state index contributed by atoms with van der Waals surface area (Å²) >= 11 is 0. The molecule has 0 aromatic carbocycles. The minimum Gasteiger partial charge on any atom is -0.549 e. The van der Waals surface area contributed by atoms with E-state index in [0.29, 0.717) is 0 Å². The van der Waals surface area contributed by atoms with Crippen LogP contribution >= 0.6 is 12.4 Å². The van der Waals surface area contributed by atoms with Crippen molar-refractivity contribution in [3.63, 3.8) is 0 Å². The fraction of sp³-hybridized carbons (Fsp3) is 0.923. The Balaban J connectivity index is 0.000000184. The summed E-state index contributed by atoms with van der Waals surface area (Å²) in [5, 5.41) is 10.6. The number of carboxylic acids is 1. The van der Waals surface area contributed by atoms with Crippen LogP contribution in [0.4, 0.5) is 0 Å². The SMILES string of the molecule is C1C2CC3CC1CC(C2)C3.CN(N)CC(=O)[O-].Cl. The van der Waals surface area contributed by atoms with Gasteiger partial charge in [0.25, 0.3) is 0 Å². The lowest BCUT2D eigenvalue weighted by Crippen LogP contribution is -2.39. The molecule has 0 unspecified atom stereocenters. The van der Waals surface area contributed by atoms with Crippen LogP contribution in [0.25, 0.3) is 0 Å². The monoisotopic (exact) mass is 275 g/mol. The van der Waals surface area contributed by atoms with E-state index in [1.807, 2.05) is 0 Å². The summed E-state index contributed by atoms with van der Waals surface area (Å²) in [5.74, 6) is 8.45. The summed E-state index contributed by atoms with van der Waals surface area (Å²) in [6.45, 7) is -0.222. The van der Waals surface area contributed by atoms with Crippen molar-refractivity contribution in [2.45, 2.75) is 38.5 Å². The van der Waals surface area contributed by atoms with Crippen molar-refractivity contribution in [2.24, 2.45) is 29.5 Å². The Kier molecular flexibility index (Phi) is 5.89. The van der Waals surface area contributed by atoms with Crippen molar-refractivity contribution in [3.8, 4) is 0 Å². The van der Waals surface area contributed by atoms with Gasteiger partial charge in [-0.15, -0.1) is 12.4 Å². The van der Waals surface area contributed by atoms with E-state index in [-0.39, 0.29) is 19.0 Å². The number of hydrogen-bond donors (Lipinski definition) is 1. The van der Waals surface area contributed by atoms with Gasteiger partial charge in [0, 0.05) is 7.05 Å². The number of carboxylic acid groups (broad SMARTS) is 1. The molecule has 0 amide bonds. The molecule has 0 radical (unpaired) electrons. The summed E-state index contributed by atoms with van der Waals surface area (Å²) in [5.41, 5.74) is 0. The highest BCUT2D eigenvalue weighted by Gasteiger charge is 2.41. The Morgan fingerprint density at radius 3 is 1.44 bits per heavy atom. The second kappa shape index (κ2) is 6.73. The normalized spacial score (nSPS) is 35.7. The van der Waals surface area contributed by atoms with Crippen LogP contribution in [0.5, 0.6) is 0 Å². The van der Waals surface area contributed by atoms with E-state index in [1.165, 1.54) is 30.7 Å². The van der Waals surface area contributed by atoms with Crippen LogP contribution in [-0.4, -0.2) is 24.6 Å². The second-order valence-corrected chi connectivity index (χ2v) is 6.17. The third-order valence-electron chi connectivity index (χ3n) is 4.38. The molecule has 5 heteroatoms. The molecule has 0 spiro atoms. The molecule has 2 N–H and O–H groups in total. The molecule has 4 saturated carbocycles. The summed E-state index contributed by atoms with van der Waals surface area (Å²) in [7, 11) is 1.45. The maximum Gasteiger partial charge on any atom is 0.0569 e. The summed E-state index contributed by atoms with van der Waals surface area (Å²) in [6, 6.07) is 0. The Morgan fingerprint density at radius 2 is 1.33 bits per heavy atom. The average molecular weight is 276 g/mol. The molecule has 18 heavy (non-hydrogen) atoms. The van der Waals surface area contributed by atoms with Gasteiger partial charge in [0.1, 0.15) is 0 Å². The van der Waals surface area contributed by atoms with Crippen LogP contribution < -0.4 is 10.9 Å². The zero-order valence-electron chi connectivity index (χ0n) is 11.0. The van der Waals surface area contributed by atoms with E-state index in [2.05, 4.69) is 0 Å². The first kappa shape index (κ1) is 15.7. The van der Waals surface area contributed by atoms with Crippen molar-refractivity contribution in [3.05, 3.63) is 0 Å². The lowest BCUT2D eigenvalue weighted by molar-refractivity contribution is -0.306.